The molecule has 1 aliphatic heterocycles. The Morgan fingerprint density at radius 1 is 1.21 bits per heavy atom. The molecule has 0 bridgehead atoms. The minimum atomic E-state index is -0.828. The topological polar surface area (TPSA) is 92.6 Å². The third-order valence-corrected chi connectivity index (χ3v) is 5.18. The summed E-state index contributed by atoms with van der Waals surface area (Å²) < 4.78 is 5.19. The molecule has 0 spiro atoms. The second-order valence-electron chi connectivity index (χ2n) is 6.00. The van der Waals surface area contributed by atoms with E-state index in [9.17, 15) is 14.7 Å². The average Bonchev–Trinajstić information content (AvgIpc) is 3.35. The number of hydrogen-bond acceptors (Lipinski definition) is 7. The lowest BCUT2D eigenvalue weighted by Gasteiger charge is -2.22. The molecular weight excluding hydrogens is 378 g/mol. The minimum Gasteiger partial charge on any atom is -0.507 e. The van der Waals surface area contributed by atoms with E-state index < -0.39 is 17.7 Å². The lowest BCUT2D eigenvalue weighted by molar-refractivity contribution is -0.132. The lowest BCUT2D eigenvalue weighted by Crippen LogP contribution is -2.29. The number of ketones is 1. The van der Waals surface area contributed by atoms with Gasteiger partial charge in [0, 0.05) is 29.5 Å². The SMILES string of the molecule is COc1cccc(C(O)=C2C(=O)C(=O)N(c3nccs3)C2c2cccnc2)c1. The van der Waals surface area contributed by atoms with E-state index >= 15 is 0 Å². The third kappa shape index (κ3) is 2.93. The van der Waals surface area contributed by atoms with E-state index in [0.717, 1.165) is 0 Å². The zero-order chi connectivity index (χ0) is 19.7. The monoisotopic (exact) mass is 393 g/mol. The third-order valence-electron chi connectivity index (χ3n) is 4.41. The molecule has 28 heavy (non-hydrogen) atoms. The summed E-state index contributed by atoms with van der Waals surface area (Å²) >= 11 is 1.24. The maximum Gasteiger partial charge on any atom is 0.301 e. The molecule has 1 amide bonds. The number of Topliss-reactive ketones (excluding diaryl/α,β-unsaturated/α-hetero) is 1. The van der Waals surface area contributed by atoms with Gasteiger partial charge in [-0.25, -0.2) is 4.98 Å². The van der Waals surface area contributed by atoms with Crippen molar-refractivity contribution in [2.24, 2.45) is 0 Å². The van der Waals surface area contributed by atoms with E-state index in [1.165, 1.54) is 23.3 Å². The molecule has 0 saturated carbocycles. The number of anilines is 1. The second kappa shape index (κ2) is 7.24. The van der Waals surface area contributed by atoms with Gasteiger partial charge >= 0.3 is 5.91 Å². The van der Waals surface area contributed by atoms with Crippen LogP contribution in [-0.2, 0) is 9.59 Å². The van der Waals surface area contributed by atoms with E-state index in [0.29, 0.717) is 22.0 Å². The lowest BCUT2D eigenvalue weighted by atomic mass is 9.96. The number of amides is 1. The fourth-order valence-corrected chi connectivity index (χ4v) is 3.81. The Hall–Kier alpha value is -3.52. The van der Waals surface area contributed by atoms with Gasteiger partial charge in [0.15, 0.2) is 5.13 Å². The zero-order valence-corrected chi connectivity index (χ0v) is 15.6. The molecular formula is C20H15N3O4S. The molecule has 1 N–H and O–H groups in total. The molecule has 3 aromatic rings. The van der Waals surface area contributed by atoms with Gasteiger partial charge in [-0.1, -0.05) is 18.2 Å². The van der Waals surface area contributed by atoms with Crippen LogP contribution in [-0.4, -0.2) is 33.9 Å². The number of benzene rings is 1. The number of carbonyl (C=O) groups excluding carboxylic acids is 2. The first-order chi connectivity index (χ1) is 13.6. The summed E-state index contributed by atoms with van der Waals surface area (Å²) in [6, 6.07) is 9.31. The zero-order valence-electron chi connectivity index (χ0n) is 14.8. The number of hydrogen-bond donors (Lipinski definition) is 1. The van der Waals surface area contributed by atoms with Crippen molar-refractivity contribution >= 4 is 33.9 Å². The fraction of sp³-hybridized carbons (Fsp3) is 0.100. The van der Waals surface area contributed by atoms with E-state index in [4.69, 9.17) is 4.74 Å². The number of carbonyl (C=O) groups is 2. The van der Waals surface area contributed by atoms with Gasteiger partial charge in [-0.15, -0.1) is 11.3 Å². The summed E-state index contributed by atoms with van der Waals surface area (Å²) in [5, 5.41) is 13.1. The highest BCUT2D eigenvalue weighted by Crippen LogP contribution is 2.42. The number of pyridine rings is 1. The van der Waals surface area contributed by atoms with Gasteiger partial charge in [-0.3, -0.25) is 19.5 Å². The normalized spacial score (nSPS) is 18.5. The van der Waals surface area contributed by atoms with Crippen molar-refractivity contribution in [1.82, 2.24) is 9.97 Å². The highest BCUT2D eigenvalue weighted by atomic mass is 32.1. The summed E-state index contributed by atoms with van der Waals surface area (Å²) in [4.78, 5) is 35.3. The number of nitrogens with zero attached hydrogens (tertiary/aromatic N) is 3. The van der Waals surface area contributed by atoms with Crippen molar-refractivity contribution in [2.45, 2.75) is 6.04 Å². The van der Waals surface area contributed by atoms with Crippen LogP contribution in [0.15, 0.2) is 65.9 Å². The number of rotatable bonds is 4. The van der Waals surface area contributed by atoms with Gasteiger partial charge < -0.3 is 9.84 Å². The van der Waals surface area contributed by atoms with Gasteiger partial charge in [-0.05, 0) is 23.8 Å². The first-order valence-corrected chi connectivity index (χ1v) is 9.24. The summed E-state index contributed by atoms with van der Waals surface area (Å²) in [6.45, 7) is 0. The Kier molecular flexibility index (Phi) is 4.62. The molecule has 0 radical (unpaired) electrons. The fourth-order valence-electron chi connectivity index (χ4n) is 3.14. The van der Waals surface area contributed by atoms with E-state index in [1.54, 1.807) is 60.4 Å². The summed E-state index contributed by atoms with van der Waals surface area (Å²) in [5.41, 5.74) is 0.966. The summed E-state index contributed by atoms with van der Waals surface area (Å²) in [7, 11) is 1.51. The molecule has 1 unspecified atom stereocenters. The predicted molar refractivity (Wildman–Crippen MR) is 104 cm³/mol. The number of aliphatic hydroxyl groups excluding tert-OH is 1. The Morgan fingerprint density at radius 3 is 2.75 bits per heavy atom. The summed E-state index contributed by atoms with van der Waals surface area (Å²) in [6.07, 6.45) is 4.72. The quantitative estimate of drug-likeness (QED) is 0.416. The molecule has 1 aliphatic rings. The highest BCUT2D eigenvalue weighted by molar-refractivity contribution is 7.14. The molecule has 140 valence electrons. The number of ether oxygens (including phenoxy) is 1. The molecule has 1 saturated heterocycles. The van der Waals surface area contributed by atoms with Crippen LogP contribution < -0.4 is 9.64 Å². The van der Waals surface area contributed by atoms with Gasteiger partial charge in [0.2, 0.25) is 0 Å². The van der Waals surface area contributed by atoms with Crippen molar-refractivity contribution in [3.8, 4) is 5.75 Å². The largest absolute Gasteiger partial charge is 0.507 e. The maximum absolute atomic E-state index is 12.9. The number of methoxy groups -OCH3 is 1. The Labute approximate surface area is 164 Å². The minimum absolute atomic E-state index is 0.0125. The van der Waals surface area contributed by atoms with Crippen LogP contribution in [0.4, 0.5) is 5.13 Å². The smallest absolute Gasteiger partial charge is 0.301 e. The molecule has 1 fully saturated rings. The Balaban J connectivity index is 1.93. The van der Waals surface area contributed by atoms with E-state index in [1.807, 2.05) is 0 Å². The highest BCUT2D eigenvalue weighted by Gasteiger charge is 2.48. The molecule has 1 aromatic carbocycles. The van der Waals surface area contributed by atoms with Crippen molar-refractivity contribution in [3.05, 3.63) is 77.1 Å². The van der Waals surface area contributed by atoms with Gasteiger partial charge in [0.05, 0.1) is 18.7 Å². The van der Waals surface area contributed by atoms with Crippen LogP contribution in [0.1, 0.15) is 17.2 Å². The maximum atomic E-state index is 12.9. The number of thiazole rings is 1. The van der Waals surface area contributed by atoms with E-state index in [2.05, 4.69) is 9.97 Å². The molecule has 0 aliphatic carbocycles. The van der Waals surface area contributed by atoms with Crippen LogP contribution in [0.3, 0.4) is 0 Å². The first kappa shape index (κ1) is 17.9. The van der Waals surface area contributed by atoms with Gasteiger partial charge in [0.25, 0.3) is 5.78 Å². The standard InChI is InChI=1S/C20H15N3O4S/c1-27-14-6-2-4-12(10-14)17(24)15-16(13-5-3-7-21-11-13)23(19(26)18(15)25)20-22-8-9-28-20/h2-11,16,24H,1H3. The second-order valence-corrected chi connectivity index (χ2v) is 6.88. The van der Waals surface area contributed by atoms with Crippen molar-refractivity contribution in [3.63, 3.8) is 0 Å². The predicted octanol–water partition coefficient (Wildman–Crippen LogP) is 3.17. The number of aromatic nitrogens is 2. The summed E-state index contributed by atoms with van der Waals surface area (Å²) in [5.74, 6) is -1.26. The molecule has 1 atom stereocenters. The average molecular weight is 393 g/mol. The van der Waals surface area contributed by atoms with Crippen LogP contribution >= 0.6 is 11.3 Å². The van der Waals surface area contributed by atoms with Crippen LogP contribution in [0, 0.1) is 0 Å². The number of aliphatic hydroxyl groups is 1. The van der Waals surface area contributed by atoms with E-state index in [-0.39, 0.29) is 11.3 Å². The first-order valence-electron chi connectivity index (χ1n) is 8.36. The molecule has 8 heteroatoms. The van der Waals surface area contributed by atoms with Crippen LogP contribution in [0.2, 0.25) is 0 Å². The van der Waals surface area contributed by atoms with Crippen LogP contribution in [0.5, 0.6) is 5.75 Å². The van der Waals surface area contributed by atoms with Crippen LogP contribution in [0.25, 0.3) is 5.76 Å². The molecule has 4 rings (SSSR count). The Morgan fingerprint density at radius 2 is 2.07 bits per heavy atom. The van der Waals surface area contributed by atoms with Gasteiger partial charge in [0.1, 0.15) is 11.5 Å². The molecule has 3 heterocycles. The van der Waals surface area contributed by atoms with Crippen molar-refractivity contribution in [2.75, 3.05) is 12.0 Å². The van der Waals surface area contributed by atoms with Crippen molar-refractivity contribution < 1.29 is 19.4 Å². The molecule has 7 nitrogen and oxygen atoms in total. The molecule has 2 aromatic heterocycles. The Bertz CT molecular complexity index is 1060. The van der Waals surface area contributed by atoms with Gasteiger partial charge in [-0.2, -0.15) is 0 Å². The van der Waals surface area contributed by atoms with Crippen molar-refractivity contribution in [1.29, 1.82) is 0 Å².